The van der Waals surface area contributed by atoms with Crippen molar-refractivity contribution in [1.29, 1.82) is 0 Å². The van der Waals surface area contributed by atoms with Crippen LogP contribution in [-0.4, -0.2) is 40.5 Å². The van der Waals surface area contributed by atoms with Gasteiger partial charge in [-0.1, -0.05) is 13.8 Å². The molecule has 1 aliphatic rings. The molecule has 1 aromatic carbocycles. The average Bonchev–Trinajstić information content (AvgIpc) is 2.42. The molecule has 0 spiro atoms. The fraction of sp³-hybridized carbons (Fsp3) is 0.562. The molecule has 0 atom stereocenters. The first-order chi connectivity index (χ1) is 9.47. The number of phenolic OH excluding ortho intramolecular Hbond substituents is 2. The number of hydrogen-bond donors (Lipinski definition) is 2. The van der Waals surface area contributed by atoms with Crippen molar-refractivity contribution in [2.24, 2.45) is 11.8 Å². The molecule has 0 unspecified atom stereocenters. The number of carbonyl (C=O) groups excluding carboxylic acids is 1. The van der Waals surface area contributed by atoms with E-state index in [9.17, 15) is 15.0 Å². The van der Waals surface area contributed by atoms with E-state index in [1.807, 2.05) is 0 Å². The number of nitrogens with zero attached hydrogens (tertiary/aromatic N) is 1. The lowest BCUT2D eigenvalue weighted by Gasteiger charge is -2.33. The van der Waals surface area contributed by atoms with Gasteiger partial charge in [0.05, 0.1) is 6.54 Å². The summed E-state index contributed by atoms with van der Waals surface area (Å²) in [6.45, 7) is 6.81. The van der Waals surface area contributed by atoms with Gasteiger partial charge in [-0.05, 0) is 56.0 Å². The van der Waals surface area contributed by atoms with Crippen LogP contribution in [0.25, 0.3) is 0 Å². The second-order valence-corrected chi connectivity index (χ2v) is 5.98. The quantitative estimate of drug-likeness (QED) is 0.656. The van der Waals surface area contributed by atoms with Gasteiger partial charge in [0.25, 0.3) is 0 Å². The van der Waals surface area contributed by atoms with Gasteiger partial charge in [0.15, 0.2) is 17.3 Å². The molecular weight excluding hydrogens is 254 g/mol. The molecule has 20 heavy (non-hydrogen) atoms. The monoisotopic (exact) mass is 277 g/mol. The van der Waals surface area contributed by atoms with Crippen LogP contribution in [-0.2, 0) is 0 Å². The minimum atomic E-state index is -0.241. The second-order valence-electron chi connectivity index (χ2n) is 5.98. The van der Waals surface area contributed by atoms with Gasteiger partial charge in [-0.2, -0.15) is 0 Å². The SMILES string of the molecule is CC(C)C1CCN(CC(=O)c2ccc(O)c(O)c2)CC1. The zero-order chi connectivity index (χ0) is 14.7. The summed E-state index contributed by atoms with van der Waals surface area (Å²) in [6.07, 6.45) is 2.29. The Kier molecular flexibility index (Phi) is 4.65. The van der Waals surface area contributed by atoms with Gasteiger partial charge in [0, 0.05) is 5.56 Å². The Labute approximate surface area is 120 Å². The third kappa shape index (κ3) is 3.51. The molecule has 1 fully saturated rings. The number of piperidine rings is 1. The fourth-order valence-corrected chi connectivity index (χ4v) is 2.77. The highest BCUT2D eigenvalue weighted by Crippen LogP contribution is 2.26. The van der Waals surface area contributed by atoms with E-state index in [-0.39, 0.29) is 17.3 Å². The second kappa shape index (κ2) is 6.27. The van der Waals surface area contributed by atoms with E-state index in [1.165, 1.54) is 12.1 Å². The van der Waals surface area contributed by atoms with Crippen LogP contribution in [0.15, 0.2) is 18.2 Å². The number of rotatable bonds is 4. The fourth-order valence-electron chi connectivity index (χ4n) is 2.77. The third-order valence-electron chi connectivity index (χ3n) is 4.24. The van der Waals surface area contributed by atoms with Crippen LogP contribution < -0.4 is 0 Å². The van der Waals surface area contributed by atoms with E-state index in [4.69, 9.17) is 0 Å². The van der Waals surface area contributed by atoms with Crippen molar-refractivity contribution in [2.75, 3.05) is 19.6 Å². The molecule has 0 saturated carbocycles. The standard InChI is InChI=1S/C16H23NO3/c1-11(2)12-5-7-17(8-6-12)10-16(20)13-3-4-14(18)15(19)9-13/h3-4,9,11-12,18-19H,5-8,10H2,1-2H3. The van der Waals surface area contributed by atoms with Gasteiger partial charge in [-0.25, -0.2) is 0 Å². The molecular formula is C16H23NO3. The highest BCUT2D eigenvalue weighted by atomic mass is 16.3. The van der Waals surface area contributed by atoms with Gasteiger partial charge < -0.3 is 10.2 Å². The average molecular weight is 277 g/mol. The van der Waals surface area contributed by atoms with Crippen molar-refractivity contribution in [2.45, 2.75) is 26.7 Å². The summed E-state index contributed by atoms with van der Waals surface area (Å²) in [5, 5.41) is 18.7. The smallest absolute Gasteiger partial charge is 0.176 e. The van der Waals surface area contributed by atoms with Gasteiger partial charge in [0.1, 0.15) is 0 Å². The van der Waals surface area contributed by atoms with Crippen molar-refractivity contribution in [3.8, 4) is 11.5 Å². The molecule has 4 heteroatoms. The van der Waals surface area contributed by atoms with E-state index in [1.54, 1.807) is 6.07 Å². The zero-order valence-corrected chi connectivity index (χ0v) is 12.2. The normalized spacial score (nSPS) is 17.6. The number of phenols is 2. The maximum atomic E-state index is 12.2. The van der Waals surface area contributed by atoms with E-state index in [2.05, 4.69) is 18.7 Å². The maximum absolute atomic E-state index is 12.2. The van der Waals surface area contributed by atoms with E-state index < -0.39 is 0 Å². The molecule has 0 bridgehead atoms. The van der Waals surface area contributed by atoms with Crippen molar-refractivity contribution in [3.63, 3.8) is 0 Å². The number of Topliss-reactive ketones (excluding diaryl/α,β-unsaturated/α-hetero) is 1. The summed E-state index contributed by atoms with van der Waals surface area (Å²) < 4.78 is 0. The molecule has 4 nitrogen and oxygen atoms in total. The molecule has 1 aliphatic heterocycles. The molecule has 0 amide bonds. The molecule has 1 saturated heterocycles. The summed E-state index contributed by atoms with van der Waals surface area (Å²) in [7, 11) is 0. The molecule has 1 aromatic rings. The van der Waals surface area contributed by atoms with Gasteiger partial charge >= 0.3 is 0 Å². The van der Waals surface area contributed by atoms with Crippen molar-refractivity contribution in [3.05, 3.63) is 23.8 Å². The van der Waals surface area contributed by atoms with Crippen LogP contribution in [0.2, 0.25) is 0 Å². The molecule has 0 aliphatic carbocycles. The van der Waals surface area contributed by atoms with Crippen LogP contribution in [0.4, 0.5) is 0 Å². The van der Waals surface area contributed by atoms with E-state index in [0.29, 0.717) is 18.0 Å². The Balaban J connectivity index is 1.91. The molecule has 2 rings (SSSR count). The highest BCUT2D eigenvalue weighted by molar-refractivity contribution is 5.98. The zero-order valence-electron chi connectivity index (χ0n) is 12.2. The molecule has 1 heterocycles. The minimum Gasteiger partial charge on any atom is -0.504 e. The van der Waals surface area contributed by atoms with E-state index in [0.717, 1.165) is 31.8 Å². The van der Waals surface area contributed by atoms with Crippen LogP contribution in [0.5, 0.6) is 11.5 Å². The predicted octanol–water partition coefficient (Wildman–Crippen LogP) is 2.65. The molecule has 110 valence electrons. The van der Waals surface area contributed by atoms with Crippen molar-refractivity contribution >= 4 is 5.78 Å². The number of aromatic hydroxyl groups is 2. The molecule has 2 N–H and O–H groups in total. The first-order valence-corrected chi connectivity index (χ1v) is 7.25. The molecule has 0 aromatic heterocycles. The summed E-state index contributed by atoms with van der Waals surface area (Å²) in [5.74, 6) is 1.03. The molecule has 0 radical (unpaired) electrons. The number of carbonyl (C=O) groups is 1. The van der Waals surface area contributed by atoms with Gasteiger partial charge in [-0.15, -0.1) is 0 Å². The van der Waals surface area contributed by atoms with Crippen LogP contribution >= 0.6 is 0 Å². The largest absolute Gasteiger partial charge is 0.504 e. The van der Waals surface area contributed by atoms with E-state index >= 15 is 0 Å². The lowest BCUT2D eigenvalue weighted by Crippen LogP contribution is -2.38. The number of hydrogen-bond acceptors (Lipinski definition) is 4. The van der Waals surface area contributed by atoms with Crippen LogP contribution in [0.1, 0.15) is 37.0 Å². The Morgan fingerprint density at radius 1 is 1.25 bits per heavy atom. The number of likely N-dealkylation sites (tertiary alicyclic amines) is 1. The first kappa shape index (κ1) is 14.9. The van der Waals surface area contributed by atoms with Crippen LogP contribution in [0, 0.1) is 11.8 Å². The van der Waals surface area contributed by atoms with Crippen LogP contribution in [0.3, 0.4) is 0 Å². The summed E-state index contributed by atoms with van der Waals surface area (Å²) in [6, 6.07) is 4.24. The van der Waals surface area contributed by atoms with Crippen molar-refractivity contribution < 1.29 is 15.0 Å². The first-order valence-electron chi connectivity index (χ1n) is 7.25. The minimum absolute atomic E-state index is 0.0108. The van der Waals surface area contributed by atoms with Crippen molar-refractivity contribution in [1.82, 2.24) is 4.90 Å². The summed E-state index contributed by atoms with van der Waals surface area (Å²) >= 11 is 0. The Hall–Kier alpha value is -1.55. The number of benzene rings is 1. The van der Waals surface area contributed by atoms with Gasteiger partial charge in [0.2, 0.25) is 0 Å². The Bertz CT molecular complexity index is 477. The lowest BCUT2D eigenvalue weighted by molar-refractivity contribution is 0.0879. The topological polar surface area (TPSA) is 60.8 Å². The predicted molar refractivity (Wildman–Crippen MR) is 78.1 cm³/mol. The number of ketones is 1. The Morgan fingerprint density at radius 3 is 2.45 bits per heavy atom. The summed E-state index contributed by atoms with van der Waals surface area (Å²) in [5.41, 5.74) is 0.450. The third-order valence-corrected chi connectivity index (χ3v) is 4.24. The summed E-state index contributed by atoms with van der Waals surface area (Å²) in [4.78, 5) is 14.3. The highest BCUT2D eigenvalue weighted by Gasteiger charge is 2.23. The Morgan fingerprint density at radius 2 is 1.90 bits per heavy atom. The lowest BCUT2D eigenvalue weighted by atomic mass is 9.86. The maximum Gasteiger partial charge on any atom is 0.176 e. The van der Waals surface area contributed by atoms with Gasteiger partial charge in [-0.3, -0.25) is 9.69 Å².